The third kappa shape index (κ3) is 3.04. The highest BCUT2D eigenvalue weighted by Crippen LogP contribution is 2.32. The molecule has 1 aromatic heterocycles. The van der Waals surface area contributed by atoms with Crippen LogP contribution in [0.5, 0.6) is 0 Å². The number of aromatic carboxylic acids is 1. The van der Waals surface area contributed by atoms with Gasteiger partial charge >= 0.3 is 5.97 Å². The molecular weight excluding hydrogens is 320 g/mol. The normalized spacial score (nSPS) is 11.1. The van der Waals surface area contributed by atoms with Crippen molar-refractivity contribution in [3.63, 3.8) is 0 Å². The highest BCUT2D eigenvalue weighted by molar-refractivity contribution is 7.21. The second-order valence-electron chi connectivity index (χ2n) is 4.43. The minimum absolute atomic E-state index is 0.0270. The van der Waals surface area contributed by atoms with E-state index in [1.165, 1.54) is 30.3 Å². The number of nitro groups is 1. The van der Waals surface area contributed by atoms with Crippen LogP contribution in [0.25, 0.3) is 10.2 Å². The first-order chi connectivity index (χ1) is 11.0. The Morgan fingerprint density at radius 3 is 2.74 bits per heavy atom. The highest BCUT2D eigenvalue weighted by Gasteiger charge is 2.11. The van der Waals surface area contributed by atoms with Gasteiger partial charge in [-0.25, -0.2) is 9.78 Å². The maximum absolute atomic E-state index is 11.1. The van der Waals surface area contributed by atoms with Crippen molar-refractivity contribution in [3.8, 4) is 0 Å². The van der Waals surface area contributed by atoms with Crippen molar-refractivity contribution in [1.82, 2.24) is 4.98 Å². The molecule has 1 N–H and O–H groups in total. The summed E-state index contributed by atoms with van der Waals surface area (Å²) in [5.41, 5.74) is 0.792. The number of benzene rings is 2. The number of rotatable bonds is 4. The van der Waals surface area contributed by atoms with E-state index >= 15 is 0 Å². The van der Waals surface area contributed by atoms with Crippen LogP contribution >= 0.6 is 11.3 Å². The van der Waals surface area contributed by atoms with Crippen LogP contribution in [0.4, 0.5) is 16.5 Å². The third-order valence-electron chi connectivity index (χ3n) is 2.95. The van der Waals surface area contributed by atoms with Gasteiger partial charge in [-0.15, -0.1) is 10.2 Å². The summed E-state index contributed by atoms with van der Waals surface area (Å²) in [4.78, 5) is 25.6. The molecule has 0 saturated heterocycles. The molecule has 9 heteroatoms. The van der Waals surface area contributed by atoms with E-state index in [0.717, 1.165) is 11.3 Å². The van der Waals surface area contributed by atoms with Crippen molar-refractivity contribution in [2.75, 3.05) is 0 Å². The maximum Gasteiger partial charge on any atom is 0.337 e. The van der Waals surface area contributed by atoms with Crippen LogP contribution in [-0.4, -0.2) is 21.0 Å². The molecule has 3 aromatic rings. The molecule has 0 bridgehead atoms. The number of hydrogen-bond acceptors (Lipinski definition) is 7. The number of carboxylic acids is 1. The average molecular weight is 328 g/mol. The minimum atomic E-state index is -1.10. The van der Waals surface area contributed by atoms with Gasteiger partial charge in [0, 0.05) is 12.1 Å². The van der Waals surface area contributed by atoms with Gasteiger partial charge in [0.1, 0.15) is 5.69 Å². The molecule has 1 heterocycles. The van der Waals surface area contributed by atoms with E-state index in [4.69, 9.17) is 5.11 Å². The fourth-order valence-corrected chi connectivity index (χ4v) is 2.72. The largest absolute Gasteiger partial charge is 0.478 e. The molecule has 0 amide bonds. The second-order valence-corrected chi connectivity index (χ2v) is 5.44. The van der Waals surface area contributed by atoms with Crippen molar-refractivity contribution >= 4 is 44.0 Å². The summed E-state index contributed by atoms with van der Waals surface area (Å²) in [5, 5.41) is 28.0. The molecule has 23 heavy (non-hydrogen) atoms. The number of fused-ring (bicyclic) bond motifs is 1. The predicted octanol–water partition coefficient (Wildman–Crippen LogP) is 4.32. The Balaban J connectivity index is 1.95. The molecule has 3 rings (SSSR count). The van der Waals surface area contributed by atoms with E-state index in [0.29, 0.717) is 15.3 Å². The number of nitrogens with zero attached hydrogens (tertiary/aromatic N) is 4. The number of carboxylic acid groups (broad SMARTS) is 1. The number of aromatic nitrogens is 1. The predicted molar refractivity (Wildman–Crippen MR) is 83.9 cm³/mol. The zero-order valence-corrected chi connectivity index (χ0v) is 12.2. The molecule has 114 valence electrons. The summed E-state index contributed by atoms with van der Waals surface area (Å²) in [6, 6.07) is 10.5. The van der Waals surface area contributed by atoms with Gasteiger partial charge in [0.2, 0.25) is 5.13 Å². The number of azo groups is 1. The maximum atomic E-state index is 11.1. The van der Waals surface area contributed by atoms with E-state index in [9.17, 15) is 14.9 Å². The van der Waals surface area contributed by atoms with Crippen molar-refractivity contribution in [2.45, 2.75) is 0 Å². The number of carbonyl (C=O) groups is 1. The molecule has 0 fully saturated rings. The zero-order chi connectivity index (χ0) is 16.4. The Hall–Kier alpha value is -3.20. The van der Waals surface area contributed by atoms with Gasteiger partial charge < -0.3 is 5.11 Å². The topological polar surface area (TPSA) is 118 Å². The second kappa shape index (κ2) is 5.89. The van der Waals surface area contributed by atoms with Crippen molar-refractivity contribution in [2.24, 2.45) is 10.2 Å². The third-order valence-corrected chi connectivity index (χ3v) is 3.85. The lowest BCUT2D eigenvalue weighted by Crippen LogP contribution is -1.95. The number of nitro benzene ring substituents is 1. The average Bonchev–Trinajstić information content (AvgIpc) is 2.94. The minimum Gasteiger partial charge on any atom is -0.478 e. The standard InChI is InChI=1S/C14H8N4O4S/c19-13(20)9-3-1-2-4-10(9)16-17-14-15-11-6-5-8(18(21)22)7-12(11)23-14/h1-7H,(H,19,20). The molecule has 0 unspecified atom stereocenters. The molecule has 0 saturated carbocycles. The van der Waals surface area contributed by atoms with Gasteiger partial charge in [-0.3, -0.25) is 10.1 Å². The van der Waals surface area contributed by atoms with Gasteiger partial charge in [-0.1, -0.05) is 23.5 Å². The first-order valence-electron chi connectivity index (χ1n) is 6.33. The van der Waals surface area contributed by atoms with Crippen LogP contribution < -0.4 is 0 Å². The lowest BCUT2D eigenvalue weighted by molar-refractivity contribution is -0.384. The van der Waals surface area contributed by atoms with Crippen LogP contribution in [-0.2, 0) is 0 Å². The Labute approximate surface area is 132 Å². The van der Waals surface area contributed by atoms with Crippen LogP contribution in [0.15, 0.2) is 52.7 Å². The lowest BCUT2D eigenvalue weighted by atomic mass is 10.2. The van der Waals surface area contributed by atoms with Gasteiger partial charge in [-0.2, -0.15) is 0 Å². The summed E-state index contributed by atoms with van der Waals surface area (Å²) in [6.45, 7) is 0. The Kier molecular flexibility index (Phi) is 3.77. The summed E-state index contributed by atoms with van der Waals surface area (Å²) < 4.78 is 0.611. The van der Waals surface area contributed by atoms with Crippen LogP contribution in [0.1, 0.15) is 10.4 Å². The lowest BCUT2D eigenvalue weighted by Gasteiger charge is -1.97. The monoisotopic (exact) mass is 328 g/mol. The van der Waals surface area contributed by atoms with Crippen LogP contribution in [0.3, 0.4) is 0 Å². The van der Waals surface area contributed by atoms with Gasteiger partial charge in [-0.05, 0) is 18.2 Å². The number of hydrogen-bond donors (Lipinski definition) is 1. The first-order valence-corrected chi connectivity index (χ1v) is 7.15. The molecule has 0 aliphatic rings. The first kappa shape index (κ1) is 14.7. The van der Waals surface area contributed by atoms with E-state index in [2.05, 4.69) is 15.2 Å². The molecule has 0 spiro atoms. The van der Waals surface area contributed by atoms with E-state index < -0.39 is 10.9 Å². The summed E-state index contributed by atoms with van der Waals surface area (Å²) in [7, 11) is 0. The van der Waals surface area contributed by atoms with Crippen LogP contribution in [0.2, 0.25) is 0 Å². The fourth-order valence-electron chi connectivity index (χ4n) is 1.90. The van der Waals surface area contributed by atoms with Crippen LogP contribution in [0, 0.1) is 10.1 Å². The van der Waals surface area contributed by atoms with E-state index in [1.54, 1.807) is 12.1 Å². The van der Waals surface area contributed by atoms with Gasteiger partial charge in [0.05, 0.1) is 20.7 Å². The summed E-state index contributed by atoms with van der Waals surface area (Å²) in [6.07, 6.45) is 0. The van der Waals surface area contributed by atoms with Crippen molar-refractivity contribution in [1.29, 1.82) is 0 Å². The number of non-ortho nitro benzene ring substituents is 1. The number of thiazole rings is 1. The Bertz CT molecular complexity index is 951. The molecule has 0 aliphatic carbocycles. The van der Waals surface area contributed by atoms with Crippen molar-refractivity contribution in [3.05, 3.63) is 58.1 Å². The summed E-state index contributed by atoms with van der Waals surface area (Å²) >= 11 is 1.14. The smallest absolute Gasteiger partial charge is 0.337 e. The summed E-state index contributed by atoms with van der Waals surface area (Å²) in [5.74, 6) is -1.10. The Morgan fingerprint density at radius 2 is 2.00 bits per heavy atom. The molecule has 0 atom stereocenters. The zero-order valence-electron chi connectivity index (χ0n) is 11.4. The highest BCUT2D eigenvalue weighted by atomic mass is 32.1. The molecule has 8 nitrogen and oxygen atoms in total. The fraction of sp³-hybridized carbons (Fsp3) is 0. The molecule has 2 aromatic carbocycles. The quantitative estimate of drug-likeness (QED) is 0.434. The van der Waals surface area contributed by atoms with Gasteiger partial charge in [0.15, 0.2) is 0 Å². The SMILES string of the molecule is O=C(O)c1ccccc1N=Nc1nc2ccc([N+](=O)[O-])cc2s1. The molecular formula is C14H8N4O4S. The van der Waals surface area contributed by atoms with E-state index in [-0.39, 0.29) is 16.9 Å². The Morgan fingerprint density at radius 1 is 1.22 bits per heavy atom. The van der Waals surface area contributed by atoms with Crippen molar-refractivity contribution < 1.29 is 14.8 Å². The molecule has 0 radical (unpaired) electrons. The van der Waals surface area contributed by atoms with Gasteiger partial charge in [0.25, 0.3) is 5.69 Å². The van der Waals surface area contributed by atoms with E-state index in [1.807, 2.05) is 0 Å². The molecule has 0 aliphatic heterocycles.